The predicted octanol–water partition coefficient (Wildman–Crippen LogP) is 2.09. The van der Waals surface area contributed by atoms with Gasteiger partial charge in [-0.2, -0.15) is 0 Å². The molecule has 0 fully saturated rings. The smallest absolute Gasteiger partial charge is 0.338 e. The molecule has 0 saturated heterocycles. The van der Waals surface area contributed by atoms with E-state index < -0.39 is 5.97 Å². The van der Waals surface area contributed by atoms with Crippen LogP contribution in [0.4, 0.5) is 0 Å². The van der Waals surface area contributed by atoms with E-state index in [2.05, 4.69) is 6.58 Å². The van der Waals surface area contributed by atoms with Crippen LogP contribution in [0.1, 0.15) is 19.4 Å². The molecule has 16 heavy (non-hydrogen) atoms. The van der Waals surface area contributed by atoms with E-state index in [1.807, 2.05) is 12.1 Å². The summed E-state index contributed by atoms with van der Waals surface area (Å²) in [7, 11) is 0. The summed E-state index contributed by atoms with van der Waals surface area (Å²) in [5.74, 6) is 0.0608. The van der Waals surface area contributed by atoms with Crippen LogP contribution in [0.3, 0.4) is 0 Å². The first-order chi connectivity index (χ1) is 7.49. The van der Waals surface area contributed by atoms with Gasteiger partial charge in [0.15, 0.2) is 0 Å². The number of rotatable bonds is 4. The number of benzene rings is 1. The molecule has 1 aromatic rings. The van der Waals surface area contributed by atoms with E-state index in [9.17, 15) is 9.90 Å². The molecule has 0 bridgehead atoms. The highest BCUT2D eigenvalue weighted by atomic mass is 16.5. The normalized spacial score (nSPS) is 11.9. The van der Waals surface area contributed by atoms with Gasteiger partial charge in [-0.15, -0.1) is 0 Å². The molecule has 0 saturated carbocycles. The highest BCUT2D eigenvalue weighted by Crippen LogP contribution is 2.14. The first kappa shape index (κ1) is 12.5. The second kappa shape index (κ2) is 5.47. The maximum absolute atomic E-state index is 11.2. The van der Waals surface area contributed by atoms with Crippen LogP contribution in [0.15, 0.2) is 36.4 Å². The lowest BCUT2D eigenvalue weighted by Gasteiger charge is -2.06. The van der Waals surface area contributed by atoms with Crippen molar-refractivity contribution in [3.8, 4) is 5.75 Å². The molecular formula is C13H16O3. The van der Waals surface area contributed by atoms with Crippen molar-refractivity contribution in [1.29, 1.82) is 0 Å². The Morgan fingerprint density at radius 2 is 2.00 bits per heavy atom. The molecular weight excluding hydrogens is 204 g/mol. The first-order valence-electron chi connectivity index (χ1n) is 5.13. The summed E-state index contributed by atoms with van der Waals surface area (Å²) < 4.78 is 5.03. The summed E-state index contributed by atoms with van der Waals surface area (Å²) in [6.07, 6.45) is 0.221. The Labute approximate surface area is 95.4 Å². The molecule has 0 spiro atoms. The standard InChI is InChI=1S/C13H16O3/c1-9(2)13(15)16-12-6-4-11(5-7-12)8-10(3)14/h4-7,10,14H,1,8H2,2-3H3. The van der Waals surface area contributed by atoms with Crippen LogP contribution in [0.2, 0.25) is 0 Å². The first-order valence-corrected chi connectivity index (χ1v) is 5.13. The molecule has 0 aromatic heterocycles. The summed E-state index contributed by atoms with van der Waals surface area (Å²) in [5.41, 5.74) is 1.37. The Kier molecular flexibility index (Phi) is 4.26. The van der Waals surface area contributed by atoms with E-state index in [0.29, 0.717) is 17.7 Å². The third-order valence-electron chi connectivity index (χ3n) is 2.01. The minimum atomic E-state index is -0.428. The number of hydrogen-bond donors (Lipinski definition) is 1. The number of ether oxygens (including phenoxy) is 1. The monoisotopic (exact) mass is 220 g/mol. The van der Waals surface area contributed by atoms with Crippen molar-refractivity contribution in [3.05, 3.63) is 42.0 Å². The van der Waals surface area contributed by atoms with Crippen molar-refractivity contribution in [2.24, 2.45) is 0 Å². The Morgan fingerprint density at radius 1 is 1.44 bits per heavy atom. The van der Waals surface area contributed by atoms with Crippen molar-refractivity contribution >= 4 is 5.97 Å². The molecule has 1 atom stereocenters. The summed E-state index contributed by atoms with van der Waals surface area (Å²) in [4.78, 5) is 11.2. The largest absolute Gasteiger partial charge is 0.423 e. The van der Waals surface area contributed by atoms with Gasteiger partial charge in [0.2, 0.25) is 0 Å². The lowest BCUT2D eigenvalue weighted by atomic mass is 10.1. The van der Waals surface area contributed by atoms with Crippen LogP contribution >= 0.6 is 0 Å². The zero-order chi connectivity index (χ0) is 12.1. The number of aliphatic hydroxyl groups excluding tert-OH is 1. The van der Waals surface area contributed by atoms with Crippen LogP contribution in [0.25, 0.3) is 0 Å². The van der Waals surface area contributed by atoms with Crippen LogP contribution < -0.4 is 4.74 Å². The van der Waals surface area contributed by atoms with Crippen LogP contribution in [-0.4, -0.2) is 17.2 Å². The van der Waals surface area contributed by atoms with Crippen LogP contribution in [0.5, 0.6) is 5.75 Å². The molecule has 1 N–H and O–H groups in total. The lowest BCUT2D eigenvalue weighted by Crippen LogP contribution is -2.08. The van der Waals surface area contributed by atoms with Gasteiger partial charge in [-0.05, 0) is 38.0 Å². The quantitative estimate of drug-likeness (QED) is 0.480. The number of aliphatic hydroxyl groups is 1. The molecule has 0 radical (unpaired) electrons. The van der Waals surface area contributed by atoms with E-state index in [0.717, 1.165) is 5.56 Å². The maximum atomic E-state index is 11.2. The van der Waals surface area contributed by atoms with Gasteiger partial charge in [-0.1, -0.05) is 18.7 Å². The molecule has 3 heteroatoms. The highest BCUT2D eigenvalue weighted by Gasteiger charge is 2.05. The Bertz CT molecular complexity index is 377. The van der Waals surface area contributed by atoms with E-state index in [4.69, 9.17) is 4.74 Å². The summed E-state index contributed by atoms with van der Waals surface area (Å²) in [5, 5.41) is 9.20. The fraction of sp³-hybridized carbons (Fsp3) is 0.308. The molecule has 3 nitrogen and oxygen atoms in total. The third-order valence-corrected chi connectivity index (χ3v) is 2.01. The topological polar surface area (TPSA) is 46.5 Å². The predicted molar refractivity (Wildman–Crippen MR) is 62.3 cm³/mol. The maximum Gasteiger partial charge on any atom is 0.338 e. The second-order valence-corrected chi connectivity index (χ2v) is 3.87. The second-order valence-electron chi connectivity index (χ2n) is 3.87. The zero-order valence-corrected chi connectivity index (χ0v) is 9.56. The minimum Gasteiger partial charge on any atom is -0.423 e. The van der Waals surface area contributed by atoms with E-state index in [1.54, 1.807) is 26.0 Å². The minimum absolute atomic E-state index is 0.369. The van der Waals surface area contributed by atoms with Crippen molar-refractivity contribution in [3.63, 3.8) is 0 Å². The third kappa shape index (κ3) is 3.87. The van der Waals surface area contributed by atoms with E-state index in [1.165, 1.54) is 0 Å². The Hall–Kier alpha value is -1.61. The summed E-state index contributed by atoms with van der Waals surface area (Å²) >= 11 is 0. The SMILES string of the molecule is C=C(C)C(=O)Oc1ccc(CC(C)O)cc1. The molecule has 1 rings (SSSR count). The van der Waals surface area contributed by atoms with Crippen molar-refractivity contribution in [2.45, 2.75) is 26.4 Å². The fourth-order valence-electron chi connectivity index (χ4n) is 1.23. The number of esters is 1. The van der Waals surface area contributed by atoms with Gasteiger partial charge in [-0.25, -0.2) is 4.79 Å². The molecule has 1 unspecified atom stereocenters. The van der Waals surface area contributed by atoms with Crippen LogP contribution in [-0.2, 0) is 11.2 Å². The van der Waals surface area contributed by atoms with Gasteiger partial charge >= 0.3 is 5.97 Å². The van der Waals surface area contributed by atoms with Gasteiger partial charge in [0.25, 0.3) is 0 Å². The van der Waals surface area contributed by atoms with E-state index in [-0.39, 0.29) is 6.10 Å². The number of hydrogen-bond acceptors (Lipinski definition) is 3. The molecule has 0 aliphatic rings. The number of carbonyl (C=O) groups excluding carboxylic acids is 1. The molecule has 0 amide bonds. The van der Waals surface area contributed by atoms with Gasteiger partial charge < -0.3 is 9.84 Å². The zero-order valence-electron chi connectivity index (χ0n) is 9.56. The number of carbonyl (C=O) groups is 1. The summed E-state index contributed by atoms with van der Waals surface area (Å²) in [6, 6.07) is 7.07. The molecule has 86 valence electrons. The lowest BCUT2D eigenvalue weighted by molar-refractivity contribution is -0.130. The molecule has 0 aliphatic heterocycles. The van der Waals surface area contributed by atoms with E-state index >= 15 is 0 Å². The van der Waals surface area contributed by atoms with Crippen molar-refractivity contribution < 1.29 is 14.6 Å². The average molecular weight is 220 g/mol. The fourth-order valence-corrected chi connectivity index (χ4v) is 1.23. The van der Waals surface area contributed by atoms with Crippen molar-refractivity contribution in [1.82, 2.24) is 0 Å². The van der Waals surface area contributed by atoms with Gasteiger partial charge in [0.1, 0.15) is 5.75 Å². The van der Waals surface area contributed by atoms with Gasteiger partial charge in [-0.3, -0.25) is 0 Å². The molecule has 1 aromatic carbocycles. The van der Waals surface area contributed by atoms with Crippen molar-refractivity contribution in [2.75, 3.05) is 0 Å². The molecule has 0 aliphatic carbocycles. The summed E-state index contributed by atoms with van der Waals surface area (Å²) in [6.45, 7) is 6.83. The molecule has 0 heterocycles. The van der Waals surface area contributed by atoms with Gasteiger partial charge in [0.05, 0.1) is 6.10 Å². The Morgan fingerprint density at radius 3 is 2.44 bits per heavy atom. The van der Waals surface area contributed by atoms with Gasteiger partial charge in [0, 0.05) is 5.57 Å². The Balaban J connectivity index is 2.64. The highest BCUT2D eigenvalue weighted by molar-refractivity contribution is 5.88. The average Bonchev–Trinajstić information content (AvgIpc) is 2.20. The van der Waals surface area contributed by atoms with Crippen LogP contribution in [0, 0.1) is 0 Å².